The highest BCUT2D eigenvalue weighted by molar-refractivity contribution is 7.09. The fourth-order valence-corrected chi connectivity index (χ4v) is 2.13. The number of aryl methyl sites for hydroxylation is 1. The molecule has 90 valence electrons. The first-order valence-corrected chi connectivity index (χ1v) is 6.33. The molecule has 2 N–H and O–H groups in total. The van der Waals surface area contributed by atoms with Gasteiger partial charge in [-0.1, -0.05) is 6.92 Å². The summed E-state index contributed by atoms with van der Waals surface area (Å²) in [5, 5.41) is 6.08. The van der Waals surface area contributed by atoms with Crippen molar-refractivity contribution in [1.29, 1.82) is 0 Å². The van der Waals surface area contributed by atoms with Crippen LogP contribution in [-0.4, -0.2) is 15.0 Å². The number of nitrogens with zero attached hydrogens (tertiary/aromatic N) is 2. The van der Waals surface area contributed by atoms with Crippen LogP contribution in [-0.2, 0) is 6.42 Å². The van der Waals surface area contributed by atoms with Crippen molar-refractivity contribution in [2.75, 3.05) is 5.32 Å². The number of hydrogen-bond donors (Lipinski definition) is 2. The third kappa shape index (κ3) is 2.91. The fourth-order valence-electron chi connectivity index (χ4n) is 1.48. The zero-order chi connectivity index (χ0) is 12.3. The molecule has 0 saturated heterocycles. The molecule has 0 radical (unpaired) electrons. The van der Waals surface area contributed by atoms with E-state index in [2.05, 4.69) is 20.3 Å². The van der Waals surface area contributed by atoms with Crippen molar-refractivity contribution < 1.29 is 0 Å². The van der Waals surface area contributed by atoms with E-state index in [0.29, 0.717) is 18.1 Å². The summed E-state index contributed by atoms with van der Waals surface area (Å²) >= 11 is 1.58. The van der Waals surface area contributed by atoms with E-state index in [-0.39, 0.29) is 11.6 Å². The lowest BCUT2D eigenvalue weighted by Gasteiger charge is -2.11. The van der Waals surface area contributed by atoms with Gasteiger partial charge in [0.15, 0.2) is 0 Å². The average Bonchev–Trinajstić information content (AvgIpc) is 2.81. The molecule has 0 bridgehead atoms. The van der Waals surface area contributed by atoms with E-state index in [0.717, 1.165) is 5.01 Å². The van der Waals surface area contributed by atoms with E-state index in [1.165, 1.54) is 6.07 Å². The van der Waals surface area contributed by atoms with E-state index < -0.39 is 0 Å². The van der Waals surface area contributed by atoms with Crippen molar-refractivity contribution in [2.45, 2.75) is 26.3 Å². The van der Waals surface area contributed by atoms with Gasteiger partial charge in [0.2, 0.25) is 0 Å². The molecule has 0 amide bonds. The van der Waals surface area contributed by atoms with Crippen LogP contribution < -0.4 is 10.9 Å². The molecular weight excluding hydrogens is 236 g/mol. The molecule has 6 heteroatoms. The molecule has 2 aromatic heterocycles. The molecular formula is C11H14N4OS. The molecule has 1 atom stereocenters. The predicted octanol–water partition coefficient (Wildman–Crippen LogP) is 1.96. The van der Waals surface area contributed by atoms with Crippen molar-refractivity contribution in [1.82, 2.24) is 15.0 Å². The van der Waals surface area contributed by atoms with Crippen LogP contribution in [0, 0.1) is 0 Å². The molecule has 5 nitrogen and oxygen atoms in total. The monoisotopic (exact) mass is 250 g/mol. The Kier molecular flexibility index (Phi) is 3.53. The number of thiazole rings is 1. The normalized spacial score (nSPS) is 12.4. The second-order valence-electron chi connectivity index (χ2n) is 3.67. The quantitative estimate of drug-likeness (QED) is 0.870. The number of aromatic nitrogens is 3. The van der Waals surface area contributed by atoms with Crippen LogP contribution in [0.2, 0.25) is 0 Å². The zero-order valence-corrected chi connectivity index (χ0v) is 10.5. The second-order valence-corrected chi connectivity index (χ2v) is 4.59. The largest absolute Gasteiger partial charge is 0.361 e. The lowest BCUT2D eigenvalue weighted by atomic mass is 10.3. The molecule has 0 aliphatic carbocycles. The van der Waals surface area contributed by atoms with E-state index in [4.69, 9.17) is 0 Å². The minimum absolute atomic E-state index is 0.0500. The molecule has 0 saturated carbocycles. The van der Waals surface area contributed by atoms with Gasteiger partial charge in [-0.3, -0.25) is 4.79 Å². The minimum Gasteiger partial charge on any atom is -0.361 e. The third-order valence-electron chi connectivity index (χ3n) is 2.31. The summed E-state index contributed by atoms with van der Waals surface area (Å²) < 4.78 is 0. The lowest BCUT2D eigenvalue weighted by molar-refractivity contribution is 0.842. The molecule has 17 heavy (non-hydrogen) atoms. The molecule has 2 aromatic rings. The standard InChI is InChI=1S/C11H14N4OS/c1-3-8-14-9(6-10(16)15-8)13-7(2)11-12-4-5-17-11/h4-7H,3H2,1-2H3,(H2,13,14,15,16). The van der Waals surface area contributed by atoms with Gasteiger partial charge in [0, 0.05) is 24.1 Å². The molecule has 1 unspecified atom stereocenters. The maximum Gasteiger partial charge on any atom is 0.252 e. The smallest absolute Gasteiger partial charge is 0.252 e. The van der Waals surface area contributed by atoms with Gasteiger partial charge in [-0.25, -0.2) is 9.97 Å². The Hall–Kier alpha value is -1.69. The number of anilines is 1. The zero-order valence-electron chi connectivity index (χ0n) is 9.73. The van der Waals surface area contributed by atoms with Gasteiger partial charge >= 0.3 is 0 Å². The summed E-state index contributed by atoms with van der Waals surface area (Å²) in [5.41, 5.74) is -0.134. The first kappa shape index (κ1) is 11.8. The molecule has 2 heterocycles. The van der Waals surface area contributed by atoms with Crippen LogP contribution in [0.4, 0.5) is 5.82 Å². The molecule has 0 aliphatic rings. The van der Waals surface area contributed by atoms with Crippen molar-refractivity contribution in [2.24, 2.45) is 0 Å². The molecule has 0 spiro atoms. The maximum atomic E-state index is 11.4. The Morgan fingerprint density at radius 3 is 3.06 bits per heavy atom. The summed E-state index contributed by atoms with van der Waals surface area (Å²) in [5.74, 6) is 1.28. The summed E-state index contributed by atoms with van der Waals surface area (Å²) in [4.78, 5) is 22.6. The minimum atomic E-state index is -0.134. The molecule has 0 aliphatic heterocycles. The number of H-pyrrole nitrogens is 1. The third-order valence-corrected chi connectivity index (χ3v) is 3.27. The van der Waals surface area contributed by atoms with Gasteiger partial charge < -0.3 is 10.3 Å². The molecule has 0 aromatic carbocycles. The van der Waals surface area contributed by atoms with Gasteiger partial charge in [0.25, 0.3) is 5.56 Å². The lowest BCUT2D eigenvalue weighted by Crippen LogP contribution is -2.15. The highest BCUT2D eigenvalue weighted by Crippen LogP contribution is 2.18. The first-order valence-electron chi connectivity index (χ1n) is 5.45. The molecule has 2 rings (SSSR count). The Morgan fingerprint density at radius 2 is 2.41 bits per heavy atom. The second kappa shape index (κ2) is 5.09. The van der Waals surface area contributed by atoms with Crippen molar-refractivity contribution in [3.63, 3.8) is 0 Å². The van der Waals surface area contributed by atoms with Gasteiger partial charge in [0.05, 0.1) is 6.04 Å². The highest BCUT2D eigenvalue weighted by atomic mass is 32.1. The maximum absolute atomic E-state index is 11.4. The van der Waals surface area contributed by atoms with Gasteiger partial charge in [-0.2, -0.15) is 0 Å². The summed E-state index contributed by atoms with van der Waals surface area (Å²) in [6.45, 7) is 3.94. The van der Waals surface area contributed by atoms with E-state index in [1.54, 1.807) is 17.5 Å². The van der Waals surface area contributed by atoms with Crippen LogP contribution in [0.5, 0.6) is 0 Å². The van der Waals surface area contributed by atoms with Crippen LogP contribution in [0.25, 0.3) is 0 Å². The summed E-state index contributed by atoms with van der Waals surface area (Å²) in [6, 6.07) is 1.51. The molecule has 0 fully saturated rings. The van der Waals surface area contributed by atoms with Crippen LogP contribution >= 0.6 is 11.3 Å². The van der Waals surface area contributed by atoms with Crippen molar-refractivity contribution in [3.8, 4) is 0 Å². The van der Waals surface area contributed by atoms with Gasteiger partial charge in [-0.15, -0.1) is 11.3 Å². The van der Waals surface area contributed by atoms with E-state index >= 15 is 0 Å². The number of nitrogens with one attached hydrogen (secondary N) is 2. The predicted molar refractivity (Wildman–Crippen MR) is 68.4 cm³/mol. The van der Waals surface area contributed by atoms with Crippen LogP contribution in [0.3, 0.4) is 0 Å². The van der Waals surface area contributed by atoms with E-state index in [1.807, 2.05) is 19.2 Å². The topological polar surface area (TPSA) is 70.7 Å². The Balaban J connectivity index is 2.18. The summed E-state index contributed by atoms with van der Waals surface area (Å²) in [6.07, 6.45) is 2.47. The number of aromatic amines is 1. The van der Waals surface area contributed by atoms with Crippen molar-refractivity contribution >= 4 is 17.2 Å². The Bertz CT molecular complexity index is 535. The number of rotatable bonds is 4. The summed E-state index contributed by atoms with van der Waals surface area (Å²) in [7, 11) is 0. The van der Waals surface area contributed by atoms with Crippen LogP contribution in [0.15, 0.2) is 22.4 Å². The highest BCUT2D eigenvalue weighted by Gasteiger charge is 2.09. The Morgan fingerprint density at radius 1 is 1.59 bits per heavy atom. The number of hydrogen-bond acceptors (Lipinski definition) is 5. The first-order chi connectivity index (χ1) is 8.19. The Labute approximate surface area is 103 Å². The van der Waals surface area contributed by atoms with Gasteiger partial charge in [-0.05, 0) is 6.92 Å². The fraction of sp³-hybridized carbons (Fsp3) is 0.364. The van der Waals surface area contributed by atoms with Gasteiger partial charge in [0.1, 0.15) is 16.6 Å². The SMILES string of the molecule is CCc1nc(NC(C)c2nccs2)cc(=O)[nH]1. The van der Waals surface area contributed by atoms with Crippen molar-refractivity contribution in [3.05, 3.63) is 38.8 Å². The van der Waals surface area contributed by atoms with Crippen LogP contribution in [0.1, 0.15) is 30.7 Å². The average molecular weight is 250 g/mol. The van der Waals surface area contributed by atoms with E-state index in [9.17, 15) is 4.79 Å².